The highest BCUT2D eigenvalue weighted by Crippen LogP contribution is 2.22. The van der Waals surface area contributed by atoms with E-state index in [1.165, 1.54) is 22.5 Å². The number of carbonyl (C=O) groups is 2. The summed E-state index contributed by atoms with van der Waals surface area (Å²) in [4.78, 5) is 25.1. The molecule has 2 amide bonds. The molecule has 2 aromatic carbocycles. The van der Waals surface area contributed by atoms with Crippen LogP contribution in [0.1, 0.15) is 48.5 Å². The molecule has 0 spiro atoms. The third-order valence-electron chi connectivity index (χ3n) is 5.31. The van der Waals surface area contributed by atoms with Crippen molar-refractivity contribution in [1.82, 2.24) is 9.62 Å². The average molecular weight is 462 g/mol. The largest absolute Gasteiger partial charge is 0.351 e. The Bertz CT molecular complexity index is 1070. The number of benzene rings is 2. The van der Waals surface area contributed by atoms with E-state index in [9.17, 15) is 22.4 Å². The number of sulfonamides is 1. The van der Waals surface area contributed by atoms with Crippen LogP contribution in [0.15, 0.2) is 48.5 Å². The molecule has 1 fully saturated rings. The number of carbonyl (C=O) groups excluding carboxylic acids is 2. The van der Waals surface area contributed by atoms with E-state index in [2.05, 4.69) is 10.6 Å². The third kappa shape index (κ3) is 6.14. The normalized spacial score (nSPS) is 17.0. The SMILES string of the molecule is CCCS(=O)(=O)N1CCCCC1C(=O)NCc1cccc(NC(=O)c2cccc(F)c2)c1. The maximum absolute atomic E-state index is 13.3. The third-order valence-corrected chi connectivity index (χ3v) is 7.39. The summed E-state index contributed by atoms with van der Waals surface area (Å²) in [7, 11) is -3.46. The number of nitrogens with zero attached hydrogens (tertiary/aromatic N) is 1. The van der Waals surface area contributed by atoms with Crippen molar-refractivity contribution < 1.29 is 22.4 Å². The zero-order valence-corrected chi connectivity index (χ0v) is 18.8. The summed E-state index contributed by atoms with van der Waals surface area (Å²) in [5.41, 5.74) is 1.46. The van der Waals surface area contributed by atoms with Crippen LogP contribution < -0.4 is 10.6 Å². The smallest absolute Gasteiger partial charge is 0.255 e. The molecule has 9 heteroatoms. The van der Waals surface area contributed by atoms with Crippen molar-refractivity contribution in [2.24, 2.45) is 0 Å². The van der Waals surface area contributed by atoms with Crippen molar-refractivity contribution in [3.8, 4) is 0 Å². The van der Waals surface area contributed by atoms with Gasteiger partial charge >= 0.3 is 0 Å². The number of halogens is 1. The van der Waals surface area contributed by atoms with E-state index in [1.54, 1.807) is 31.2 Å². The molecule has 2 aromatic rings. The predicted octanol–water partition coefficient (Wildman–Crippen LogP) is 3.29. The lowest BCUT2D eigenvalue weighted by Crippen LogP contribution is -2.52. The molecule has 0 radical (unpaired) electrons. The first kappa shape index (κ1) is 23.9. The molecule has 0 bridgehead atoms. The molecule has 0 aromatic heterocycles. The number of nitrogens with one attached hydrogen (secondary N) is 2. The molecule has 7 nitrogen and oxygen atoms in total. The first-order chi connectivity index (χ1) is 15.3. The van der Waals surface area contributed by atoms with E-state index in [0.717, 1.165) is 24.5 Å². The topological polar surface area (TPSA) is 95.6 Å². The Morgan fingerprint density at radius 2 is 1.91 bits per heavy atom. The quantitative estimate of drug-likeness (QED) is 0.631. The maximum atomic E-state index is 13.3. The van der Waals surface area contributed by atoms with Crippen LogP contribution in [0.3, 0.4) is 0 Å². The molecule has 0 saturated carbocycles. The summed E-state index contributed by atoms with van der Waals surface area (Å²) < 4.78 is 39.8. The second-order valence-electron chi connectivity index (χ2n) is 7.82. The monoisotopic (exact) mass is 461 g/mol. The van der Waals surface area contributed by atoms with Gasteiger partial charge in [-0.25, -0.2) is 12.8 Å². The van der Waals surface area contributed by atoms with Crippen LogP contribution in [-0.4, -0.2) is 42.9 Å². The Balaban J connectivity index is 1.63. The van der Waals surface area contributed by atoms with Gasteiger partial charge in [-0.05, 0) is 55.2 Å². The molecule has 1 heterocycles. The maximum Gasteiger partial charge on any atom is 0.255 e. The second kappa shape index (κ2) is 10.7. The molecule has 1 atom stereocenters. The van der Waals surface area contributed by atoms with Crippen LogP contribution in [0.25, 0.3) is 0 Å². The van der Waals surface area contributed by atoms with Crippen LogP contribution in [0.4, 0.5) is 10.1 Å². The minimum atomic E-state index is -3.46. The number of piperidine rings is 1. The molecule has 1 saturated heterocycles. The van der Waals surface area contributed by atoms with Gasteiger partial charge < -0.3 is 10.6 Å². The van der Waals surface area contributed by atoms with Gasteiger partial charge in [-0.15, -0.1) is 0 Å². The molecule has 1 aliphatic heterocycles. The zero-order chi connectivity index (χ0) is 23.1. The lowest BCUT2D eigenvalue weighted by atomic mass is 10.0. The summed E-state index contributed by atoms with van der Waals surface area (Å²) in [5, 5.41) is 5.54. The molecule has 172 valence electrons. The molecular weight excluding hydrogens is 433 g/mol. The fraction of sp³-hybridized carbons (Fsp3) is 0.391. The molecule has 0 aliphatic carbocycles. The van der Waals surface area contributed by atoms with Crippen LogP contribution in [0.2, 0.25) is 0 Å². The van der Waals surface area contributed by atoms with Crippen molar-refractivity contribution in [2.75, 3.05) is 17.6 Å². The number of amides is 2. The number of rotatable bonds is 8. The van der Waals surface area contributed by atoms with Gasteiger partial charge in [0.05, 0.1) is 5.75 Å². The molecule has 1 aliphatic rings. The molecular formula is C23H28FN3O4S. The highest BCUT2D eigenvalue weighted by atomic mass is 32.2. The van der Waals surface area contributed by atoms with Crippen molar-refractivity contribution in [3.63, 3.8) is 0 Å². The second-order valence-corrected chi connectivity index (χ2v) is 9.86. The summed E-state index contributed by atoms with van der Waals surface area (Å²) in [6, 6.07) is 11.6. The number of hydrogen-bond acceptors (Lipinski definition) is 4. The molecule has 32 heavy (non-hydrogen) atoms. The Morgan fingerprint density at radius 3 is 2.66 bits per heavy atom. The van der Waals surface area contributed by atoms with Crippen molar-refractivity contribution >= 4 is 27.5 Å². The summed E-state index contributed by atoms with van der Waals surface area (Å²) in [6.07, 6.45) is 2.55. The van der Waals surface area contributed by atoms with E-state index in [1.807, 2.05) is 0 Å². The predicted molar refractivity (Wildman–Crippen MR) is 121 cm³/mol. The van der Waals surface area contributed by atoms with E-state index in [4.69, 9.17) is 0 Å². The van der Waals surface area contributed by atoms with Crippen LogP contribution in [-0.2, 0) is 21.4 Å². The minimum Gasteiger partial charge on any atom is -0.351 e. The Morgan fingerprint density at radius 1 is 1.12 bits per heavy atom. The van der Waals surface area contributed by atoms with Gasteiger partial charge in [0.1, 0.15) is 11.9 Å². The van der Waals surface area contributed by atoms with Gasteiger partial charge in [0.15, 0.2) is 0 Å². The van der Waals surface area contributed by atoms with Crippen molar-refractivity contribution in [2.45, 2.75) is 45.2 Å². The summed E-state index contributed by atoms with van der Waals surface area (Å²) in [5.74, 6) is -1.22. The van der Waals surface area contributed by atoms with E-state index < -0.39 is 27.8 Å². The van der Waals surface area contributed by atoms with Crippen molar-refractivity contribution in [1.29, 1.82) is 0 Å². The van der Waals surface area contributed by atoms with Gasteiger partial charge in [0.2, 0.25) is 15.9 Å². The van der Waals surface area contributed by atoms with E-state index in [0.29, 0.717) is 25.1 Å². The standard InChI is InChI=1S/C23H28FN3O4S/c1-2-13-32(30,31)27-12-4-3-11-21(27)23(29)25-16-17-7-5-10-20(14-17)26-22(28)18-8-6-9-19(24)15-18/h5-10,14-15,21H,2-4,11-13,16H2,1H3,(H,25,29)(H,26,28). The first-order valence-electron chi connectivity index (χ1n) is 10.7. The minimum absolute atomic E-state index is 0.0316. The highest BCUT2D eigenvalue weighted by molar-refractivity contribution is 7.89. The van der Waals surface area contributed by atoms with Crippen molar-refractivity contribution in [3.05, 3.63) is 65.5 Å². The van der Waals surface area contributed by atoms with Gasteiger partial charge in [-0.2, -0.15) is 4.31 Å². The average Bonchev–Trinajstić information content (AvgIpc) is 2.77. The summed E-state index contributed by atoms with van der Waals surface area (Å²) in [6.45, 7) is 2.36. The van der Waals surface area contributed by atoms with E-state index >= 15 is 0 Å². The van der Waals surface area contributed by atoms with Gasteiger partial charge in [0, 0.05) is 24.3 Å². The van der Waals surface area contributed by atoms with Gasteiger partial charge in [-0.3, -0.25) is 9.59 Å². The Labute approximate surface area is 188 Å². The van der Waals surface area contributed by atoms with Crippen LogP contribution >= 0.6 is 0 Å². The molecule has 2 N–H and O–H groups in total. The highest BCUT2D eigenvalue weighted by Gasteiger charge is 2.35. The molecule has 1 unspecified atom stereocenters. The van der Waals surface area contributed by atoms with Crippen LogP contribution in [0.5, 0.6) is 0 Å². The van der Waals surface area contributed by atoms with Gasteiger partial charge in [0.25, 0.3) is 5.91 Å². The van der Waals surface area contributed by atoms with Gasteiger partial charge in [-0.1, -0.05) is 31.5 Å². The summed E-state index contributed by atoms with van der Waals surface area (Å²) >= 11 is 0. The Kier molecular flexibility index (Phi) is 7.98. The fourth-order valence-corrected chi connectivity index (χ4v) is 5.52. The van der Waals surface area contributed by atoms with E-state index in [-0.39, 0.29) is 23.8 Å². The fourth-order valence-electron chi connectivity index (χ4n) is 3.77. The zero-order valence-electron chi connectivity index (χ0n) is 18.0. The lowest BCUT2D eigenvalue weighted by molar-refractivity contribution is -0.125. The first-order valence-corrected chi connectivity index (χ1v) is 12.3. The number of anilines is 1. The van der Waals surface area contributed by atoms with Crippen LogP contribution in [0, 0.1) is 5.82 Å². The number of hydrogen-bond donors (Lipinski definition) is 2. The Hall–Kier alpha value is -2.78. The molecule has 3 rings (SSSR count). The lowest BCUT2D eigenvalue weighted by Gasteiger charge is -2.33.